The fourth-order valence-electron chi connectivity index (χ4n) is 3.43. The van der Waals surface area contributed by atoms with Gasteiger partial charge in [-0.15, -0.1) is 0 Å². The molecular weight excluding hydrogens is 364 g/mol. The Hall–Kier alpha value is -3.60. The van der Waals surface area contributed by atoms with Crippen molar-refractivity contribution >= 4 is 23.1 Å². The minimum absolute atomic E-state index is 0.0399. The zero-order chi connectivity index (χ0) is 20.2. The lowest BCUT2D eigenvalue weighted by Gasteiger charge is -2.27. The first-order valence-corrected chi connectivity index (χ1v) is 9.61. The summed E-state index contributed by atoms with van der Waals surface area (Å²) in [7, 11) is 0. The van der Waals surface area contributed by atoms with Crippen LogP contribution in [0.25, 0.3) is 5.57 Å². The molecule has 0 radical (unpaired) electrons. The summed E-state index contributed by atoms with van der Waals surface area (Å²) in [6, 6.07) is 18.9. The third kappa shape index (κ3) is 4.14. The number of carbonyl (C=O) groups excluding carboxylic acids is 2. The summed E-state index contributed by atoms with van der Waals surface area (Å²) in [5, 5.41) is 2.82. The van der Waals surface area contributed by atoms with Gasteiger partial charge in [0, 0.05) is 24.3 Å². The van der Waals surface area contributed by atoms with Gasteiger partial charge in [-0.3, -0.25) is 9.59 Å². The molecule has 5 nitrogen and oxygen atoms in total. The molecular formula is C24H22N2O3. The molecule has 1 N–H and O–H groups in total. The number of anilines is 1. The zero-order valence-corrected chi connectivity index (χ0v) is 16.2. The van der Waals surface area contributed by atoms with Gasteiger partial charge in [0.15, 0.2) is 5.76 Å². The maximum Gasteiger partial charge on any atom is 0.291 e. The Balaban J connectivity index is 1.48. The molecule has 29 heavy (non-hydrogen) atoms. The number of furan rings is 1. The van der Waals surface area contributed by atoms with E-state index >= 15 is 0 Å². The van der Waals surface area contributed by atoms with Crippen LogP contribution in [0.1, 0.15) is 38.5 Å². The number of carbonyl (C=O) groups is 2. The van der Waals surface area contributed by atoms with E-state index in [1.807, 2.05) is 36.1 Å². The van der Waals surface area contributed by atoms with E-state index in [4.69, 9.17) is 4.42 Å². The van der Waals surface area contributed by atoms with Crippen molar-refractivity contribution in [1.82, 2.24) is 4.90 Å². The Labute approximate surface area is 169 Å². The summed E-state index contributed by atoms with van der Waals surface area (Å²) in [6.45, 7) is 3.13. The molecule has 1 aliphatic heterocycles. The smallest absolute Gasteiger partial charge is 0.291 e. The third-order valence-corrected chi connectivity index (χ3v) is 5.12. The van der Waals surface area contributed by atoms with E-state index in [2.05, 4.69) is 23.5 Å². The molecule has 0 saturated heterocycles. The van der Waals surface area contributed by atoms with Crippen molar-refractivity contribution < 1.29 is 14.0 Å². The molecule has 0 atom stereocenters. The van der Waals surface area contributed by atoms with Crippen LogP contribution in [0.2, 0.25) is 0 Å². The Bertz CT molecular complexity index is 1050. The van der Waals surface area contributed by atoms with E-state index < -0.39 is 0 Å². The summed E-state index contributed by atoms with van der Waals surface area (Å²) in [5.74, 6) is -0.145. The number of amides is 2. The Kier molecular flexibility index (Phi) is 5.29. The quantitative estimate of drug-likeness (QED) is 0.703. The monoisotopic (exact) mass is 386 g/mol. The molecule has 0 fully saturated rings. The molecule has 2 heterocycles. The van der Waals surface area contributed by atoms with E-state index in [0.717, 1.165) is 12.0 Å². The normalized spacial score (nSPS) is 13.7. The molecule has 3 aromatic rings. The van der Waals surface area contributed by atoms with Gasteiger partial charge >= 0.3 is 0 Å². The van der Waals surface area contributed by atoms with E-state index in [1.165, 1.54) is 17.4 Å². The van der Waals surface area contributed by atoms with Gasteiger partial charge < -0.3 is 14.6 Å². The highest BCUT2D eigenvalue weighted by atomic mass is 16.3. The molecule has 0 aliphatic carbocycles. The SMILES string of the molecule is Cc1ccc(C(=O)N2CC=C(c3ccccc3)CC2)cc1NC(=O)c1ccco1. The van der Waals surface area contributed by atoms with Crippen molar-refractivity contribution in [2.75, 3.05) is 18.4 Å². The van der Waals surface area contributed by atoms with Crippen molar-refractivity contribution in [3.05, 3.63) is 95.5 Å². The molecule has 1 aromatic heterocycles. The molecule has 2 amide bonds. The molecule has 0 bridgehead atoms. The molecule has 0 spiro atoms. The molecule has 0 saturated carbocycles. The zero-order valence-electron chi connectivity index (χ0n) is 16.2. The highest BCUT2D eigenvalue weighted by Gasteiger charge is 2.20. The minimum Gasteiger partial charge on any atom is -0.459 e. The second-order valence-corrected chi connectivity index (χ2v) is 7.06. The molecule has 1 aliphatic rings. The largest absolute Gasteiger partial charge is 0.459 e. The number of nitrogens with one attached hydrogen (secondary N) is 1. The van der Waals surface area contributed by atoms with E-state index in [1.54, 1.807) is 24.3 Å². The van der Waals surface area contributed by atoms with E-state index in [-0.39, 0.29) is 17.6 Å². The van der Waals surface area contributed by atoms with Crippen LogP contribution in [0.5, 0.6) is 0 Å². The van der Waals surface area contributed by atoms with E-state index in [0.29, 0.717) is 24.3 Å². The summed E-state index contributed by atoms with van der Waals surface area (Å²) in [4.78, 5) is 27.1. The van der Waals surface area contributed by atoms with Crippen molar-refractivity contribution in [3.63, 3.8) is 0 Å². The molecule has 0 unspecified atom stereocenters. The van der Waals surface area contributed by atoms with Gasteiger partial charge in [-0.05, 0) is 54.3 Å². The van der Waals surface area contributed by atoms with Crippen LogP contribution in [-0.4, -0.2) is 29.8 Å². The van der Waals surface area contributed by atoms with Crippen molar-refractivity contribution in [3.8, 4) is 0 Å². The standard InChI is InChI=1S/C24H22N2O3/c1-17-9-10-20(16-21(17)25-23(27)22-8-5-15-29-22)24(28)26-13-11-19(12-14-26)18-6-3-2-4-7-18/h2-11,15-16H,12-14H2,1H3,(H,25,27). The number of nitrogens with zero attached hydrogens (tertiary/aromatic N) is 1. The minimum atomic E-state index is -0.337. The van der Waals surface area contributed by atoms with E-state index in [9.17, 15) is 9.59 Å². The average molecular weight is 386 g/mol. The summed E-state index contributed by atoms with van der Waals surface area (Å²) in [5.41, 5.74) is 4.52. The number of hydrogen-bond donors (Lipinski definition) is 1. The summed E-state index contributed by atoms with van der Waals surface area (Å²) in [6.07, 6.45) is 4.39. The van der Waals surface area contributed by atoms with Gasteiger partial charge in [-0.1, -0.05) is 42.5 Å². The Morgan fingerprint density at radius 3 is 2.55 bits per heavy atom. The fraction of sp³-hybridized carbons (Fsp3) is 0.167. The Morgan fingerprint density at radius 1 is 1.03 bits per heavy atom. The number of aryl methyl sites for hydroxylation is 1. The Morgan fingerprint density at radius 2 is 1.86 bits per heavy atom. The second kappa shape index (κ2) is 8.19. The third-order valence-electron chi connectivity index (χ3n) is 5.12. The fourth-order valence-corrected chi connectivity index (χ4v) is 3.43. The predicted molar refractivity (Wildman–Crippen MR) is 113 cm³/mol. The maximum atomic E-state index is 13.0. The number of benzene rings is 2. The first-order chi connectivity index (χ1) is 14.1. The van der Waals surface area contributed by atoms with Crippen LogP contribution in [0.4, 0.5) is 5.69 Å². The lowest BCUT2D eigenvalue weighted by atomic mass is 9.99. The predicted octanol–water partition coefficient (Wildman–Crippen LogP) is 4.77. The average Bonchev–Trinajstić information content (AvgIpc) is 3.31. The van der Waals surface area contributed by atoms with Gasteiger partial charge in [0.1, 0.15) is 0 Å². The van der Waals surface area contributed by atoms with Crippen LogP contribution in [0.3, 0.4) is 0 Å². The number of rotatable bonds is 4. The lowest BCUT2D eigenvalue weighted by Crippen LogP contribution is -2.34. The van der Waals surface area contributed by atoms with Gasteiger partial charge in [-0.25, -0.2) is 0 Å². The van der Waals surface area contributed by atoms with Crippen molar-refractivity contribution in [1.29, 1.82) is 0 Å². The van der Waals surface area contributed by atoms with Crippen molar-refractivity contribution in [2.24, 2.45) is 0 Å². The molecule has 4 rings (SSSR count). The first kappa shape index (κ1) is 18.7. The molecule has 5 heteroatoms. The van der Waals surface area contributed by atoms with Gasteiger partial charge in [-0.2, -0.15) is 0 Å². The van der Waals surface area contributed by atoms with Gasteiger partial charge in [0.2, 0.25) is 0 Å². The van der Waals surface area contributed by atoms with Crippen LogP contribution in [0.15, 0.2) is 77.4 Å². The molecule has 146 valence electrons. The van der Waals surface area contributed by atoms with Crippen molar-refractivity contribution in [2.45, 2.75) is 13.3 Å². The van der Waals surface area contributed by atoms with Gasteiger partial charge in [0.05, 0.1) is 6.26 Å². The van der Waals surface area contributed by atoms with Gasteiger partial charge in [0.25, 0.3) is 11.8 Å². The second-order valence-electron chi connectivity index (χ2n) is 7.06. The van der Waals surface area contributed by atoms with Crippen LogP contribution >= 0.6 is 0 Å². The lowest BCUT2D eigenvalue weighted by molar-refractivity contribution is 0.0772. The number of hydrogen-bond acceptors (Lipinski definition) is 3. The highest BCUT2D eigenvalue weighted by Crippen LogP contribution is 2.24. The van der Waals surface area contributed by atoms with Crippen LogP contribution < -0.4 is 5.32 Å². The van der Waals surface area contributed by atoms with Crippen LogP contribution in [-0.2, 0) is 0 Å². The summed E-state index contributed by atoms with van der Waals surface area (Å²) >= 11 is 0. The first-order valence-electron chi connectivity index (χ1n) is 9.61. The maximum absolute atomic E-state index is 13.0. The summed E-state index contributed by atoms with van der Waals surface area (Å²) < 4.78 is 5.13. The topological polar surface area (TPSA) is 62.6 Å². The van der Waals surface area contributed by atoms with Crippen LogP contribution in [0, 0.1) is 6.92 Å². The highest BCUT2D eigenvalue weighted by molar-refractivity contribution is 6.04. The molecule has 2 aromatic carbocycles.